The van der Waals surface area contributed by atoms with Crippen LogP contribution in [0.5, 0.6) is 5.75 Å². The highest BCUT2D eigenvalue weighted by molar-refractivity contribution is 7.18. The first-order chi connectivity index (χ1) is 18.2. The number of nitrogens with one attached hydrogen (secondary N) is 1. The zero-order valence-electron chi connectivity index (χ0n) is 20.6. The Morgan fingerprint density at radius 1 is 0.946 bits per heavy atom. The van der Waals surface area contributed by atoms with E-state index < -0.39 is 0 Å². The van der Waals surface area contributed by atoms with Gasteiger partial charge in [0, 0.05) is 5.69 Å². The van der Waals surface area contributed by atoms with E-state index in [2.05, 4.69) is 46.7 Å². The van der Waals surface area contributed by atoms with Gasteiger partial charge in [0.2, 0.25) is 17.7 Å². The van der Waals surface area contributed by atoms with Gasteiger partial charge in [-0.25, -0.2) is 4.98 Å². The monoisotopic (exact) mass is 512 g/mol. The van der Waals surface area contributed by atoms with Gasteiger partial charge in [-0.15, -0.1) is 21.5 Å². The van der Waals surface area contributed by atoms with Crippen molar-refractivity contribution in [3.05, 3.63) is 89.6 Å². The van der Waals surface area contributed by atoms with Crippen LogP contribution in [0, 0.1) is 0 Å². The molecule has 0 spiro atoms. The quantitative estimate of drug-likeness (QED) is 0.198. The molecule has 0 atom stereocenters. The van der Waals surface area contributed by atoms with E-state index in [9.17, 15) is 4.79 Å². The first kappa shape index (κ1) is 24.6. The van der Waals surface area contributed by atoms with E-state index in [1.165, 1.54) is 5.56 Å². The fourth-order valence-corrected chi connectivity index (χ4v) is 4.94. The van der Waals surface area contributed by atoms with Crippen LogP contribution < -0.4 is 10.1 Å². The van der Waals surface area contributed by atoms with E-state index in [1.807, 2.05) is 48.5 Å². The van der Waals surface area contributed by atoms with Crippen molar-refractivity contribution in [3.8, 4) is 16.9 Å². The second-order valence-corrected chi connectivity index (χ2v) is 9.84. The molecule has 0 bridgehead atoms. The fraction of sp³-hybridized carbons (Fsp3) is 0.241. The number of fused-ring (bicyclic) bond motifs is 1. The Balaban J connectivity index is 1.15. The third-order valence-corrected chi connectivity index (χ3v) is 6.84. The molecule has 5 aromatic rings. The van der Waals surface area contributed by atoms with Crippen molar-refractivity contribution < 1.29 is 13.9 Å². The van der Waals surface area contributed by atoms with Gasteiger partial charge >= 0.3 is 0 Å². The summed E-state index contributed by atoms with van der Waals surface area (Å²) in [5.74, 6) is 1.28. The third-order valence-electron chi connectivity index (χ3n) is 5.82. The second-order valence-electron chi connectivity index (χ2n) is 8.73. The molecule has 0 aliphatic rings. The molecule has 0 unspecified atom stereocenters. The molecule has 7 nitrogen and oxygen atoms in total. The van der Waals surface area contributed by atoms with Gasteiger partial charge in [-0.05, 0) is 53.9 Å². The molecular weight excluding hydrogens is 484 g/mol. The zero-order valence-corrected chi connectivity index (χ0v) is 21.5. The van der Waals surface area contributed by atoms with Gasteiger partial charge in [-0.3, -0.25) is 4.79 Å². The molecular formula is C29H28N4O3S. The Kier molecular flexibility index (Phi) is 7.86. The van der Waals surface area contributed by atoms with Gasteiger partial charge in [0.05, 0.1) is 23.2 Å². The van der Waals surface area contributed by atoms with Crippen molar-refractivity contribution in [2.75, 3.05) is 11.9 Å². The number of benzene rings is 3. The Morgan fingerprint density at radius 2 is 1.76 bits per heavy atom. The standard InChI is InChI=1S/C29H28N4O3S/c1-2-3-7-16-35-23-13-11-22(12-14-23)30-26(34)18-27-32-33-28(36-27)19-29-31-24-15-10-21(17-25(24)37-29)20-8-5-4-6-9-20/h4-6,8-15,17H,2-3,7,16,18-19H2,1H3,(H,30,34). The van der Waals surface area contributed by atoms with Crippen LogP contribution in [-0.2, 0) is 17.6 Å². The number of unbranched alkanes of at least 4 members (excludes halogenated alkanes) is 2. The molecule has 0 saturated carbocycles. The van der Waals surface area contributed by atoms with E-state index >= 15 is 0 Å². The van der Waals surface area contributed by atoms with Gasteiger partial charge in [0.25, 0.3) is 0 Å². The van der Waals surface area contributed by atoms with Crippen LogP contribution in [0.1, 0.15) is 43.0 Å². The molecule has 0 radical (unpaired) electrons. The second kappa shape index (κ2) is 11.8. The molecule has 5 rings (SSSR count). The first-order valence-electron chi connectivity index (χ1n) is 12.4. The SMILES string of the molecule is CCCCCOc1ccc(NC(=O)Cc2nnc(Cc3nc4ccc(-c5ccccc5)cc4s3)o2)cc1. The number of hydrogen-bond acceptors (Lipinski definition) is 7. The first-order valence-corrected chi connectivity index (χ1v) is 13.3. The van der Waals surface area contributed by atoms with Crippen molar-refractivity contribution in [1.29, 1.82) is 0 Å². The van der Waals surface area contributed by atoms with Crippen molar-refractivity contribution in [2.24, 2.45) is 0 Å². The molecule has 0 fully saturated rings. The van der Waals surface area contributed by atoms with Crippen LogP contribution in [0.15, 0.2) is 77.2 Å². The average molecular weight is 513 g/mol. The number of carbonyl (C=O) groups is 1. The largest absolute Gasteiger partial charge is 0.494 e. The number of carbonyl (C=O) groups excluding carboxylic acids is 1. The lowest BCUT2D eigenvalue weighted by molar-refractivity contribution is -0.115. The molecule has 0 aliphatic heterocycles. The third kappa shape index (κ3) is 6.59. The topological polar surface area (TPSA) is 90.1 Å². The predicted molar refractivity (Wildman–Crippen MR) is 146 cm³/mol. The smallest absolute Gasteiger partial charge is 0.233 e. The Morgan fingerprint density at radius 3 is 2.57 bits per heavy atom. The molecule has 0 saturated heterocycles. The number of anilines is 1. The number of nitrogens with zero attached hydrogens (tertiary/aromatic N) is 3. The minimum absolute atomic E-state index is 0.00253. The summed E-state index contributed by atoms with van der Waals surface area (Å²) in [7, 11) is 0. The minimum Gasteiger partial charge on any atom is -0.494 e. The van der Waals surface area contributed by atoms with Crippen molar-refractivity contribution in [2.45, 2.75) is 39.0 Å². The lowest BCUT2D eigenvalue weighted by Gasteiger charge is -2.07. The predicted octanol–water partition coefficient (Wildman–Crippen LogP) is 6.69. The molecule has 37 heavy (non-hydrogen) atoms. The van der Waals surface area contributed by atoms with Crippen LogP contribution in [0.4, 0.5) is 5.69 Å². The van der Waals surface area contributed by atoms with Crippen LogP contribution in [-0.4, -0.2) is 27.7 Å². The van der Waals surface area contributed by atoms with Gasteiger partial charge in [0.15, 0.2) is 0 Å². The van der Waals surface area contributed by atoms with Crippen LogP contribution in [0.2, 0.25) is 0 Å². The summed E-state index contributed by atoms with van der Waals surface area (Å²) in [4.78, 5) is 17.2. The minimum atomic E-state index is -0.222. The van der Waals surface area contributed by atoms with Crippen LogP contribution in [0.25, 0.3) is 21.3 Å². The molecule has 2 aromatic heterocycles. The van der Waals surface area contributed by atoms with Crippen LogP contribution >= 0.6 is 11.3 Å². The van der Waals surface area contributed by atoms with Gasteiger partial charge < -0.3 is 14.5 Å². The molecule has 8 heteroatoms. The van der Waals surface area contributed by atoms with Crippen LogP contribution in [0.3, 0.4) is 0 Å². The highest BCUT2D eigenvalue weighted by Gasteiger charge is 2.14. The lowest BCUT2D eigenvalue weighted by atomic mass is 10.1. The normalized spacial score (nSPS) is 11.1. The number of ether oxygens (including phenoxy) is 1. The maximum atomic E-state index is 12.5. The Labute approximate surface area is 219 Å². The summed E-state index contributed by atoms with van der Waals surface area (Å²) >= 11 is 1.61. The van der Waals surface area contributed by atoms with Crippen molar-refractivity contribution in [3.63, 3.8) is 0 Å². The summed E-state index contributed by atoms with van der Waals surface area (Å²) < 4.78 is 12.5. The number of amides is 1. The van der Waals surface area contributed by atoms with Gasteiger partial charge in [0.1, 0.15) is 17.2 Å². The molecule has 188 valence electrons. The summed E-state index contributed by atoms with van der Waals surface area (Å²) in [5, 5.41) is 11.9. The molecule has 2 heterocycles. The van der Waals surface area contributed by atoms with Crippen molar-refractivity contribution >= 4 is 33.1 Å². The van der Waals surface area contributed by atoms with E-state index in [1.54, 1.807) is 11.3 Å². The number of thiazole rings is 1. The maximum absolute atomic E-state index is 12.5. The molecule has 3 aromatic carbocycles. The molecule has 1 N–H and O–H groups in total. The number of hydrogen-bond donors (Lipinski definition) is 1. The Hall–Kier alpha value is -4.04. The van der Waals surface area contributed by atoms with E-state index in [0.29, 0.717) is 24.6 Å². The fourth-order valence-electron chi connectivity index (χ4n) is 3.94. The lowest BCUT2D eigenvalue weighted by Crippen LogP contribution is -2.14. The molecule has 1 amide bonds. The summed E-state index contributed by atoms with van der Waals surface area (Å²) in [5.41, 5.74) is 3.96. The average Bonchev–Trinajstić information content (AvgIpc) is 3.53. The highest BCUT2D eigenvalue weighted by atomic mass is 32.1. The number of aromatic nitrogens is 3. The van der Waals surface area contributed by atoms with E-state index in [-0.39, 0.29) is 18.2 Å². The summed E-state index contributed by atoms with van der Waals surface area (Å²) in [6.45, 7) is 2.86. The zero-order chi connectivity index (χ0) is 25.5. The maximum Gasteiger partial charge on any atom is 0.233 e. The summed E-state index contributed by atoms with van der Waals surface area (Å²) in [6, 6.07) is 23.9. The van der Waals surface area contributed by atoms with Gasteiger partial charge in [-0.2, -0.15) is 0 Å². The Bertz CT molecular complexity index is 1460. The van der Waals surface area contributed by atoms with E-state index in [4.69, 9.17) is 14.1 Å². The number of rotatable bonds is 11. The summed E-state index contributed by atoms with van der Waals surface area (Å²) in [6.07, 6.45) is 3.78. The highest BCUT2D eigenvalue weighted by Crippen LogP contribution is 2.29. The van der Waals surface area contributed by atoms with Crippen molar-refractivity contribution in [1.82, 2.24) is 15.2 Å². The molecule has 0 aliphatic carbocycles. The van der Waals surface area contributed by atoms with Gasteiger partial charge in [-0.1, -0.05) is 56.2 Å². The van der Waals surface area contributed by atoms with E-state index in [0.717, 1.165) is 45.8 Å².